The van der Waals surface area contributed by atoms with Crippen molar-refractivity contribution in [2.75, 3.05) is 26.7 Å². The van der Waals surface area contributed by atoms with Gasteiger partial charge in [0.2, 0.25) is 0 Å². The molecule has 0 atom stereocenters. The van der Waals surface area contributed by atoms with E-state index in [2.05, 4.69) is 10.5 Å². The molecule has 0 unspecified atom stereocenters. The predicted octanol–water partition coefficient (Wildman–Crippen LogP) is 3.49. The SMILES string of the molecule is CNCC1CCN(C(=O)c2cc(-c3ccc(Cl)cc3)on2)CC1.Cl. The van der Waals surface area contributed by atoms with E-state index in [9.17, 15) is 4.79 Å². The van der Waals surface area contributed by atoms with E-state index in [1.807, 2.05) is 24.1 Å². The van der Waals surface area contributed by atoms with Crippen molar-refractivity contribution < 1.29 is 9.32 Å². The van der Waals surface area contributed by atoms with Crippen molar-refractivity contribution in [3.8, 4) is 11.3 Å². The average Bonchev–Trinajstić information content (AvgIpc) is 3.06. The Morgan fingerprint density at radius 3 is 2.62 bits per heavy atom. The molecule has 0 aliphatic carbocycles. The van der Waals surface area contributed by atoms with Crippen LogP contribution in [0, 0.1) is 5.92 Å². The summed E-state index contributed by atoms with van der Waals surface area (Å²) in [5.41, 5.74) is 1.22. The molecule has 24 heavy (non-hydrogen) atoms. The molecular weight excluding hydrogens is 349 g/mol. The zero-order chi connectivity index (χ0) is 16.2. The molecule has 2 heterocycles. The second-order valence-electron chi connectivity index (χ2n) is 5.88. The summed E-state index contributed by atoms with van der Waals surface area (Å²) < 4.78 is 5.31. The van der Waals surface area contributed by atoms with Crippen LogP contribution in [0.2, 0.25) is 5.02 Å². The van der Waals surface area contributed by atoms with Crippen LogP contribution in [0.25, 0.3) is 11.3 Å². The molecule has 0 spiro atoms. The van der Waals surface area contributed by atoms with Gasteiger partial charge in [0.1, 0.15) is 0 Å². The van der Waals surface area contributed by atoms with E-state index in [0.29, 0.717) is 22.4 Å². The number of aromatic nitrogens is 1. The lowest BCUT2D eigenvalue weighted by molar-refractivity contribution is 0.0680. The molecule has 1 N–H and O–H groups in total. The monoisotopic (exact) mass is 369 g/mol. The first-order valence-corrected chi connectivity index (χ1v) is 8.21. The Hall–Kier alpha value is -1.56. The Bertz CT molecular complexity index is 665. The zero-order valence-corrected chi connectivity index (χ0v) is 15.1. The fourth-order valence-electron chi connectivity index (χ4n) is 2.92. The van der Waals surface area contributed by atoms with Crippen LogP contribution < -0.4 is 5.32 Å². The van der Waals surface area contributed by atoms with E-state index in [0.717, 1.165) is 38.0 Å². The van der Waals surface area contributed by atoms with Gasteiger partial charge in [-0.2, -0.15) is 0 Å². The summed E-state index contributed by atoms with van der Waals surface area (Å²) in [7, 11) is 1.96. The van der Waals surface area contributed by atoms with Gasteiger partial charge in [-0.25, -0.2) is 0 Å². The summed E-state index contributed by atoms with van der Waals surface area (Å²) in [6, 6.07) is 8.97. The van der Waals surface area contributed by atoms with Crippen molar-refractivity contribution in [1.82, 2.24) is 15.4 Å². The standard InChI is InChI=1S/C17H20ClN3O2.ClH/c1-19-11-12-6-8-21(9-7-12)17(22)15-10-16(23-20-15)13-2-4-14(18)5-3-13;/h2-5,10,12,19H,6-9,11H2,1H3;1H. The first-order chi connectivity index (χ1) is 11.2. The lowest BCUT2D eigenvalue weighted by Gasteiger charge is -2.31. The summed E-state index contributed by atoms with van der Waals surface area (Å²) in [4.78, 5) is 14.4. The number of carbonyl (C=O) groups excluding carboxylic acids is 1. The molecule has 1 aromatic carbocycles. The highest BCUT2D eigenvalue weighted by atomic mass is 35.5. The van der Waals surface area contributed by atoms with Crippen LogP contribution in [0.1, 0.15) is 23.3 Å². The van der Waals surface area contributed by atoms with Gasteiger partial charge in [0.25, 0.3) is 5.91 Å². The Balaban J connectivity index is 0.00000208. The summed E-state index contributed by atoms with van der Waals surface area (Å²) >= 11 is 5.88. The molecule has 1 saturated heterocycles. The maximum Gasteiger partial charge on any atom is 0.276 e. The van der Waals surface area contributed by atoms with E-state index in [-0.39, 0.29) is 18.3 Å². The van der Waals surface area contributed by atoms with E-state index in [1.54, 1.807) is 18.2 Å². The molecule has 3 rings (SSSR count). The molecule has 1 fully saturated rings. The first-order valence-electron chi connectivity index (χ1n) is 7.84. The lowest BCUT2D eigenvalue weighted by Crippen LogP contribution is -2.40. The smallest absolute Gasteiger partial charge is 0.276 e. The van der Waals surface area contributed by atoms with Crippen LogP contribution >= 0.6 is 24.0 Å². The molecule has 1 amide bonds. The maximum atomic E-state index is 12.5. The Labute approximate surface area is 152 Å². The van der Waals surface area contributed by atoms with Crippen molar-refractivity contribution in [3.63, 3.8) is 0 Å². The third-order valence-corrected chi connectivity index (χ3v) is 4.50. The van der Waals surface area contributed by atoms with Gasteiger partial charge in [-0.3, -0.25) is 4.79 Å². The quantitative estimate of drug-likeness (QED) is 0.895. The molecule has 1 aliphatic heterocycles. The number of benzene rings is 1. The molecular formula is C17H21Cl2N3O2. The highest BCUT2D eigenvalue weighted by Gasteiger charge is 2.25. The third kappa shape index (κ3) is 4.29. The maximum absolute atomic E-state index is 12.5. The predicted molar refractivity (Wildman–Crippen MR) is 96.8 cm³/mol. The number of nitrogens with zero attached hydrogens (tertiary/aromatic N) is 2. The van der Waals surface area contributed by atoms with Crippen LogP contribution in [0.3, 0.4) is 0 Å². The number of hydrogen-bond acceptors (Lipinski definition) is 4. The van der Waals surface area contributed by atoms with Crippen LogP contribution in [-0.2, 0) is 0 Å². The van der Waals surface area contributed by atoms with Gasteiger partial charge in [0, 0.05) is 29.7 Å². The minimum Gasteiger partial charge on any atom is -0.355 e. The van der Waals surface area contributed by atoms with E-state index >= 15 is 0 Å². The van der Waals surface area contributed by atoms with Crippen LogP contribution in [0.15, 0.2) is 34.9 Å². The van der Waals surface area contributed by atoms with Gasteiger partial charge in [-0.15, -0.1) is 12.4 Å². The largest absolute Gasteiger partial charge is 0.355 e. The minimum absolute atomic E-state index is 0. The van der Waals surface area contributed by atoms with Crippen molar-refractivity contribution >= 4 is 29.9 Å². The molecule has 2 aromatic rings. The molecule has 0 saturated carbocycles. The van der Waals surface area contributed by atoms with Gasteiger partial charge in [0.05, 0.1) is 0 Å². The third-order valence-electron chi connectivity index (χ3n) is 4.25. The normalized spacial score (nSPS) is 15.2. The van der Waals surface area contributed by atoms with Crippen molar-refractivity contribution in [2.24, 2.45) is 5.92 Å². The number of piperidine rings is 1. The first kappa shape index (κ1) is 18.8. The molecule has 1 aliphatic rings. The highest BCUT2D eigenvalue weighted by molar-refractivity contribution is 6.30. The molecule has 0 bridgehead atoms. The highest BCUT2D eigenvalue weighted by Crippen LogP contribution is 2.24. The number of amides is 1. The number of carbonyl (C=O) groups is 1. The van der Waals surface area contributed by atoms with Gasteiger partial charge in [-0.05, 0) is 56.6 Å². The van der Waals surface area contributed by atoms with Gasteiger partial charge < -0.3 is 14.7 Å². The molecule has 130 valence electrons. The number of likely N-dealkylation sites (tertiary alicyclic amines) is 1. The second kappa shape index (κ2) is 8.51. The average molecular weight is 370 g/mol. The molecule has 5 nitrogen and oxygen atoms in total. The minimum atomic E-state index is -0.0585. The number of halogens is 2. The molecule has 7 heteroatoms. The fourth-order valence-corrected chi connectivity index (χ4v) is 3.04. The summed E-state index contributed by atoms with van der Waals surface area (Å²) in [5.74, 6) is 1.16. The fraction of sp³-hybridized carbons (Fsp3) is 0.412. The van der Waals surface area contributed by atoms with Crippen molar-refractivity contribution in [3.05, 3.63) is 41.0 Å². The van der Waals surface area contributed by atoms with Crippen LogP contribution in [-0.4, -0.2) is 42.6 Å². The van der Waals surface area contributed by atoms with Gasteiger partial charge >= 0.3 is 0 Å². The summed E-state index contributed by atoms with van der Waals surface area (Å²) in [6.07, 6.45) is 2.04. The van der Waals surface area contributed by atoms with E-state index < -0.39 is 0 Å². The summed E-state index contributed by atoms with van der Waals surface area (Å²) in [5, 5.41) is 7.79. The van der Waals surface area contributed by atoms with E-state index in [4.69, 9.17) is 16.1 Å². The van der Waals surface area contributed by atoms with Gasteiger partial charge in [0.15, 0.2) is 11.5 Å². The second-order valence-corrected chi connectivity index (χ2v) is 6.31. The lowest BCUT2D eigenvalue weighted by atomic mass is 9.96. The number of rotatable bonds is 4. The van der Waals surface area contributed by atoms with E-state index in [1.165, 1.54) is 0 Å². The van der Waals surface area contributed by atoms with Gasteiger partial charge in [-0.1, -0.05) is 16.8 Å². The Morgan fingerprint density at radius 1 is 1.33 bits per heavy atom. The van der Waals surface area contributed by atoms with Crippen molar-refractivity contribution in [1.29, 1.82) is 0 Å². The Kier molecular flexibility index (Phi) is 6.66. The van der Waals surface area contributed by atoms with Crippen LogP contribution in [0.5, 0.6) is 0 Å². The summed E-state index contributed by atoms with van der Waals surface area (Å²) in [6.45, 7) is 2.55. The zero-order valence-electron chi connectivity index (χ0n) is 13.5. The Morgan fingerprint density at radius 2 is 2.00 bits per heavy atom. The van der Waals surface area contributed by atoms with Crippen molar-refractivity contribution in [2.45, 2.75) is 12.8 Å². The molecule has 0 radical (unpaired) electrons. The number of nitrogens with one attached hydrogen (secondary N) is 1. The topological polar surface area (TPSA) is 58.4 Å². The molecule has 1 aromatic heterocycles. The number of hydrogen-bond donors (Lipinski definition) is 1. The van der Waals surface area contributed by atoms with Crippen LogP contribution in [0.4, 0.5) is 0 Å².